The number of thioether (sulfide) groups is 1. The maximum absolute atomic E-state index is 3.65. The fraction of sp³-hybridized carbons (Fsp3) is 0.667. The summed E-state index contributed by atoms with van der Waals surface area (Å²) in [5, 5.41) is 3.65. The number of benzene rings is 1. The monoisotopic (exact) mass is 291 g/mol. The summed E-state index contributed by atoms with van der Waals surface area (Å²) in [7, 11) is 0. The third-order valence-electron chi connectivity index (χ3n) is 3.86. The van der Waals surface area contributed by atoms with Crippen molar-refractivity contribution in [3.63, 3.8) is 0 Å². The molecule has 0 aromatic heterocycles. The first kappa shape index (κ1) is 15.9. The van der Waals surface area contributed by atoms with E-state index in [4.69, 9.17) is 0 Å². The van der Waals surface area contributed by atoms with Crippen LogP contribution in [-0.2, 0) is 19.3 Å². The summed E-state index contributed by atoms with van der Waals surface area (Å²) in [5.41, 5.74) is 4.69. The van der Waals surface area contributed by atoms with E-state index in [0.29, 0.717) is 10.8 Å². The van der Waals surface area contributed by atoms with E-state index in [1.807, 2.05) is 0 Å². The first-order chi connectivity index (χ1) is 9.48. The Kier molecular flexibility index (Phi) is 5.57. The highest BCUT2D eigenvalue weighted by Gasteiger charge is 2.17. The molecule has 1 aromatic rings. The van der Waals surface area contributed by atoms with Gasteiger partial charge >= 0.3 is 0 Å². The van der Waals surface area contributed by atoms with Crippen LogP contribution < -0.4 is 5.32 Å². The Morgan fingerprint density at radius 3 is 2.65 bits per heavy atom. The summed E-state index contributed by atoms with van der Waals surface area (Å²) < 4.78 is 0.353. The van der Waals surface area contributed by atoms with Crippen molar-refractivity contribution >= 4 is 11.8 Å². The zero-order valence-electron chi connectivity index (χ0n) is 13.5. The van der Waals surface area contributed by atoms with E-state index in [9.17, 15) is 0 Å². The molecule has 0 bridgehead atoms. The molecule has 20 heavy (non-hydrogen) atoms. The van der Waals surface area contributed by atoms with Crippen LogP contribution in [0.25, 0.3) is 0 Å². The normalized spacial score (nSPS) is 16.2. The molecular weight excluding hydrogens is 262 g/mol. The molecule has 0 amide bonds. The maximum atomic E-state index is 3.65. The molecule has 1 nitrogen and oxygen atoms in total. The van der Waals surface area contributed by atoms with Crippen molar-refractivity contribution in [2.24, 2.45) is 0 Å². The number of fused-ring (bicyclic) bond motifs is 1. The van der Waals surface area contributed by atoms with Crippen LogP contribution in [0.1, 0.15) is 50.8 Å². The highest BCUT2D eigenvalue weighted by atomic mass is 32.2. The molecule has 1 aromatic carbocycles. The number of hydrogen-bond donors (Lipinski definition) is 1. The summed E-state index contributed by atoms with van der Waals surface area (Å²) >= 11 is 2.06. The van der Waals surface area contributed by atoms with Gasteiger partial charge in [0, 0.05) is 16.5 Å². The lowest BCUT2D eigenvalue weighted by Crippen LogP contribution is -2.34. The molecule has 0 heterocycles. The number of hydrogen-bond acceptors (Lipinski definition) is 2. The third-order valence-corrected chi connectivity index (χ3v) is 5.29. The van der Waals surface area contributed by atoms with E-state index < -0.39 is 0 Å². The second-order valence-corrected chi connectivity index (χ2v) is 8.69. The number of aryl methyl sites for hydroxylation is 2. The zero-order valence-corrected chi connectivity index (χ0v) is 14.3. The largest absolute Gasteiger partial charge is 0.313 e. The van der Waals surface area contributed by atoms with Crippen LogP contribution in [0.4, 0.5) is 0 Å². The molecule has 1 aliphatic carbocycles. The highest BCUT2D eigenvalue weighted by Crippen LogP contribution is 2.26. The van der Waals surface area contributed by atoms with Gasteiger partial charge in [-0.25, -0.2) is 0 Å². The molecule has 2 rings (SSSR count). The predicted octanol–water partition coefficient (Wildman–Crippen LogP) is 4.23. The Bertz CT molecular complexity index is 434. The Morgan fingerprint density at radius 2 is 1.95 bits per heavy atom. The summed E-state index contributed by atoms with van der Waals surface area (Å²) in [6.07, 6.45) is 5.07. The van der Waals surface area contributed by atoms with Gasteiger partial charge in [0.25, 0.3) is 0 Å². The average Bonchev–Trinajstić information content (AvgIpc) is 2.82. The van der Waals surface area contributed by atoms with Gasteiger partial charge in [0.2, 0.25) is 0 Å². The van der Waals surface area contributed by atoms with Crippen LogP contribution >= 0.6 is 11.8 Å². The molecule has 0 radical (unpaired) electrons. The van der Waals surface area contributed by atoms with Gasteiger partial charge in [0.05, 0.1) is 0 Å². The minimum atomic E-state index is 0.353. The van der Waals surface area contributed by atoms with Crippen molar-refractivity contribution in [2.45, 2.75) is 64.2 Å². The fourth-order valence-corrected chi connectivity index (χ4v) is 3.80. The van der Waals surface area contributed by atoms with E-state index in [-0.39, 0.29) is 0 Å². The van der Waals surface area contributed by atoms with Crippen LogP contribution in [0.15, 0.2) is 18.2 Å². The molecule has 1 unspecified atom stereocenters. The lowest BCUT2D eigenvalue weighted by atomic mass is 10.0. The zero-order chi connectivity index (χ0) is 14.6. The Balaban J connectivity index is 1.96. The second-order valence-electron chi connectivity index (χ2n) is 6.84. The van der Waals surface area contributed by atoms with Crippen molar-refractivity contribution in [1.82, 2.24) is 5.32 Å². The molecule has 1 atom stereocenters. The number of nitrogens with one attached hydrogen (secondary N) is 1. The van der Waals surface area contributed by atoms with Gasteiger partial charge in [-0.2, -0.15) is 11.8 Å². The van der Waals surface area contributed by atoms with Gasteiger partial charge in [-0.3, -0.25) is 0 Å². The van der Waals surface area contributed by atoms with Gasteiger partial charge in [-0.15, -0.1) is 0 Å². The lowest BCUT2D eigenvalue weighted by molar-refractivity contribution is 0.570. The molecule has 112 valence electrons. The molecule has 0 saturated heterocycles. The number of rotatable bonds is 6. The molecule has 0 aliphatic heterocycles. The summed E-state index contributed by atoms with van der Waals surface area (Å²) in [6.45, 7) is 10.2. The van der Waals surface area contributed by atoms with Crippen LogP contribution in [0.3, 0.4) is 0 Å². The van der Waals surface area contributed by atoms with Gasteiger partial charge < -0.3 is 5.32 Å². The van der Waals surface area contributed by atoms with E-state index in [1.165, 1.54) is 30.6 Å². The van der Waals surface area contributed by atoms with E-state index in [1.54, 1.807) is 11.1 Å². The van der Waals surface area contributed by atoms with Gasteiger partial charge in [-0.05, 0) is 48.9 Å². The predicted molar refractivity (Wildman–Crippen MR) is 91.8 cm³/mol. The summed E-state index contributed by atoms with van der Waals surface area (Å²) in [5.74, 6) is 1.19. The van der Waals surface area contributed by atoms with Gasteiger partial charge in [0.1, 0.15) is 0 Å². The average molecular weight is 292 g/mol. The lowest BCUT2D eigenvalue weighted by Gasteiger charge is -2.24. The Morgan fingerprint density at radius 1 is 1.20 bits per heavy atom. The molecule has 2 heteroatoms. The van der Waals surface area contributed by atoms with Crippen molar-refractivity contribution < 1.29 is 0 Å². The van der Waals surface area contributed by atoms with Crippen LogP contribution in [0.5, 0.6) is 0 Å². The SMILES string of the molecule is CCNC(CSC(C)(C)C)Cc1ccc2c(c1)CCC2. The van der Waals surface area contributed by atoms with E-state index in [0.717, 1.165) is 13.0 Å². The number of likely N-dealkylation sites (N-methyl/N-ethyl adjacent to an activating group) is 1. The standard InChI is InChI=1S/C18H29NS/c1-5-19-17(13-20-18(2,3)4)12-14-9-10-15-7-6-8-16(15)11-14/h9-11,17,19H,5-8,12-13H2,1-4H3. The molecule has 0 saturated carbocycles. The minimum absolute atomic E-state index is 0.353. The van der Waals surface area contributed by atoms with Crippen LogP contribution in [-0.4, -0.2) is 23.1 Å². The molecule has 1 N–H and O–H groups in total. The molecule has 0 spiro atoms. The van der Waals surface area contributed by atoms with E-state index >= 15 is 0 Å². The minimum Gasteiger partial charge on any atom is -0.313 e. The fourth-order valence-electron chi connectivity index (χ4n) is 2.87. The molecule has 0 fully saturated rings. The van der Waals surface area contributed by atoms with Crippen molar-refractivity contribution in [3.8, 4) is 0 Å². The topological polar surface area (TPSA) is 12.0 Å². The quantitative estimate of drug-likeness (QED) is 0.842. The Labute approximate surface area is 128 Å². The molecular formula is C18H29NS. The Hall–Kier alpha value is -0.470. The summed E-state index contributed by atoms with van der Waals surface area (Å²) in [6, 6.07) is 7.74. The summed E-state index contributed by atoms with van der Waals surface area (Å²) in [4.78, 5) is 0. The van der Waals surface area contributed by atoms with Crippen molar-refractivity contribution in [2.75, 3.05) is 12.3 Å². The van der Waals surface area contributed by atoms with Crippen molar-refractivity contribution in [3.05, 3.63) is 34.9 Å². The van der Waals surface area contributed by atoms with Crippen LogP contribution in [0.2, 0.25) is 0 Å². The van der Waals surface area contributed by atoms with Crippen LogP contribution in [0, 0.1) is 0 Å². The molecule has 1 aliphatic rings. The highest BCUT2D eigenvalue weighted by molar-refractivity contribution is 8.00. The van der Waals surface area contributed by atoms with E-state index in [2.05, 4.69) is 63.0 Å². The third kappa shape index (κ3) is 4.82. The first-order valence-electron chi connectivity index (χ1n) is 7.96. The first-order valence-corrected chi connectivity index (χ1v) is 8.94. The smallest absolute Gasteiger partial charge is 0.0198 e. The van der Waals surface area contributed by atoms with Gasteiger partial charge in [0.15, 0.2) is 0 Å². The maximum Gasteiger partial charge on any atom is 0.0198 e. The van der Waals surface area contributed by atoms with Crippen molar-refractivity contribution in [1.29, 1.82) is 0 Å². The van der Waals surface area contributed by atoms with Gasteiger partial charge in [-0.1, -0.05) is 45.9 Å². The second kappa shape index (κ2) is 7.00.